The first-order chi connectivity index (χ1) is 14.6. The van der Waals surface area contributed by atoms with E-state index in [1.165, 1.54) is 10.9 Å². The Morgan fingerprint density at radius 1 is 1.17 bits per heavy atom. The summed E-state index contributed by atoms with van der Waals surface area (Å²) in [6.45, 7) is 2.82. The number of ether oxygens (including phenoxy) is 1. The van der Waals surface area contributed by atoms with Crippen LogP contribution in [0.4, 0.5) is 0 Å². The van der Waals surface area contributed by atoms with E-state index in [0.29, 0.717) is 18.1 Å². The van der Waals surface area contributed by atoms with Crippen LogP contribution in [0.3, 0.4) is 0 Å². The van der Waals surface area contributed by atoms with Crippen LogP contribution in [-0.4, -0.2) is 45.5 Å². The fourth-order valence-corrected chi connectivity index (χ4v) is 5.20. The van der Waals surface area contributed by atoms with Gasteiger partial charge in [-0.3, -0.25) is 9.69 Å². The quantitative estimate of drug-likeness (QED) is 0.622. The number of hydrogen-bond donors (Lipinski definition) is 1. The number of H-pyrrole nitrogens is 1. The molecular weight excluding hydrogens is 394 g/mol. The van der Waals surface area contributed by atoms with Crippen molar-refractivity contribution >= 4 is 34.1 Å². The molecule has 2 aliphatic heterocycles. The summed E-state index contributed by atoms with van der Waals surface area (Å²) >= 11 is 5.86. The Morgan fingerprint density at radius 2 is 1.93 bits per heavy atom. The van der Waals surface area contributed by atoms with Gasteiger partial charge in [-0.05, 0) is 48.0 Å². The topological polar surface area (TPSA) is 48.6 Å². The van der Waals surface area contributed by atoms with E-state index in [1.54, 1.807) is 7.11 Å². The Morgan fingerprint density at radius 3 is 2.67 bits per heavy atom. The summed E-state index contributed by atoms with van der Waals surface area (Å²) in [7, 11) is 1.67. The molecular formula is C24H25N3O2S. The Balaban J connectivity index is 1.66. The van der Waals surface area contributed by atoms with Gasteiger partial charge in [0.2, 0.25) is 0 Å². The highest BCUT2D eigenvalue weighted by molar-refractivity contribution is 7.80. The minimum absolute atomic E-state index is 0.125. The molecule has 2 aromatic carbocycles. The van der Waals surface area contributed by atoms with Crippen molar-refractivity contribution in [3.05, 3.63) is 65.4 Å². The van der Waals surface area contributed by atoms with E-state index in [2.05, 4.69) is 47.1 Å². The Hall–Kier alpha value is -2.86. The fourth-order valence-electron chi connectivity index (χ4n) is 4.78. The van der Waals surface area contributed by atoms with Gasteiger partial charge in [-0.15, -0.1) is 0 Å². The molecule has 30 heavy (non-hydrogen) atoms. The number of hydrogen-bond acceptors (Lipinski definition) is 3. The van der Waals surface area contributed by atoms with Gasteiger partial charge < -0.3 is 14.6 Å². The molecule has 3 aromatic rings. The third kappa shape index (κ3) is 2.82. The summed E-state index contributed by atoms with van der Waals surface area (Å²) < 4.78 is 5.35. The number of nitrogens with one attached hydrogen (secondary N) is 1. The lowest BCUT2D eigenvalue weighted by atomic mass is 9.89. The number of unbranched alkanes of at least 4 members (excludes halogenated alkanes) is 1. The van der Waals surface area contributed by atoms with Gasteiger partial charge in [0, 0.05) is 29.6 Å². The van der Waals surface area contributed by atoms with E-state index in [0.717, 1.165) is 35.4 Å². The molecule has 2 atom stereocenters. The van der Waals surface area contributed by atoms with Crippen LogP contribution in [0.15, 0.2) is 48.5 Å². The lowest BCUT2D eigenvalue weighted by molar-refractivity contribution is -0.128. The predicted molar refractivity (Wildman–Crippen MR) is 122 cm³/mol. The number of aromatic amines is 1. The zero-order valence-electron chi connectivity index (χ0n) is 17.2. The molecule has 1 aromatic heterocycles. The fraction of sp³-hybridized carbons (Fsp3) is 0.333. The molecule has 0 spiro atoms. The second-order valence-electron chi connectivity index (χ2n) is 7.99. The molecule has 5 rings (SSSR count). The van der Waals surface area contributed by atoms with Crippen LogP contribution >= 0.6 is 12.2 Å². The molecule has 2 aliphatic rings. The van der Waals surface area contributed by atoms with Crippen LogP contribution in [0.1, 0.15) is 42.6 Å². The molecule has 1 fully saturated rings. The average molecular weight is 420 g/mol. The number of fused-ring (bicyclic) bond motifs is 4. The monoisotopic (exact) mass is 419 g/mol. The number of carbonyl (C=O) groups excluding carboxylic acids is 1. The number of carbonyl (C=O) groups is 1. The van der Waals surface area contributed by atoms with Crippen LogP contribution < -0.4 is 4.74 Å². The maximum Gasteiger partial charge on any atom is 0.251 e. The molecule has 1 amide bonds. The zero-order valence-corrected chi connectivity index (χ0v) is 18.0. The van der Waals surface area contributed by atoms with Gasteiger partial charge in [0.25, 0.3) is 5.91 Å². The Kier molecular flexibility index (Phi) is 4.74. The molecule has 154 valence electrons. The van der Waals surface area contributed by atoms with Crippen molar-refractivity contribution < 1.29 is 9.53 Å². The smallest absolute Gasteiger partial charge is 0.251 e. The van der Waals surface area contributed by atoms with Gasteiger partial charge >= 0.3 is 0 Å². The molecule has 0 saturated carbocycles. The number of aromatic nitrogens is 1. The first-order valence-corrected chi connectivity index (χ1v) is 10.9. The molecule has 0 aliphatic carbocycles. The highest BCUT2D eigenvalue weighted by Gasteiger charge is 2.50. The van der Waals surface area contributed by atoms with Crippen molar-refractivity contribution in [2.45, 2.75) is 38.3 Å². The van der Waals surface area contributed by atoms with Crippen molar-refractivity contribution in [1.82, 2.24) is 14.8 Å². The number of amides is 1. The zero-order chi connectivity index (χ0) is 20.8. The number of para-hydroxylation sites is 1. The summed E-state index contributed by atoms with van der Waals surface area (Å²) in [6.07, 6.45) is 2.66. The average Bonchev–Trinajstić information content (AvgIpc) is 3.26. The first kappa shape index (κ1) is 19.1. The van der Waals surface area contributed by atoms with Crippen molar-refractivity contribution in [3.8, 4) is 5.75 Å². The highest BCUT2D eigenvalue weighted by atomic mass is 32.1. The van der Waals surface area contributed by atoms with Crippen molar-refractivity contribution in [2.24, 2.45) is 0 Å². The number of rotatable bonds is 5. The minimum Gasteiger partial charge on any atom is -0.497 e. The van der Waals surface area contributed by atoms with E-state index in [4.69, 9.17) is 17.0 Å². The van der Waals surface area contributed by atoms with E-state index in [-0.39, 0.29) is 18.0 Å². The van der Waals surface area contributed by atoms with Crippen LogP contribution in [0.2, 0.25) is 0 Å². The lowest BCUT2D eigenvalue weighted by Crippen LogP contribution is -2.44. The van der Waals surface area contributed by atoms with Crippen molar-refractivity contribution in [3.63, 3.8) is 0 Å². The van der Waals surface area contributed by atoms with Gasteiger partial charge in [0.15, 0.2) is 5.11 Å². The minimum atomic E-state index is -0.256. The summed E-state index contributed by atoms with van der Waals surface area (Å²) in [4.78, 5) is 21.0. The number of nitrogens with zero attached hydrogens (tertiary/aromatic N) is 2. The molecule has 0 unspecified atom stereocenters. The predicted octanol–water partition coefficient (Wildman–Crippen LogP) is 4.42. The third-order valence-corrected chi connectivity index (χ3v) is 6.73. The van der Waals surface area contributed by atoms with E-state index in [9.17, 15) is 4.79 Å². The maximum atomic E-state index is 13.4. The molecule has 5 nitrogen and oxygen atoms in total. The largest absolute Gasteiger partial charge is 0.497 e. The summed E-state index contributed by atoms with van der Waals surface area (Å²) in [5.41, 5.74) is 4.55. The standard InChI is InChI=1S/C24H25N3O2S/c1-3-4-13-26-23(28)20-14-18-17-7-5-6-8-19(17)25-21(18)22(27(20)24(26)30)15-9-11-16(29-2)12-10-15/h5-12,20,22,25H,3-4,13-14H2,1-2H3/t20-,22+/m1/s1. The van der Waals surface area contributed by atoms with Crippen molar-refractivity contribution in [2.75, 3.05) is 13.7 Å². The SMILES string of the molecule is CCCCN1C(=O)[C@H]2Cc3c([nH]c4ccccc34)[C@H](c3ccc(OC)cc3)N2C1=S. The van der Waals surface area contributed by atoms with Gasteiger partial charge in [-0.2, -0.15) is 0 Å². The van der Waals surface area contributed by atoms with Crippen LogP contribution in [-0.2, 0) is 11.2 Å². The van der Waals surface area contributed by atoms with Gasteiger partial charge in [-0.25, -0.2) is 0 Å². The van der Waals surface area contributed by atoms with Gasteiger partial charge in [0.1, 0.15) is 11.8 Å². The van der Waals surface area contributed by atoms with E-state index in [1.807, 2.05) is 23.1 Å². The number of thiocarbonyl (C=S) groups is 1. The van der Waals surface area contributed by atoms with E-state index < -0.39 is 0 Å². The lowest BCUT2D eigenvalue weighted by Gasteiger charge is -2.37. The van der Waals surface area contributed by atoms with Crippen LogP contribution in [0.5, 0.6) is 5.75 Å². The van der Waals surface area contributed by atoms with E-state index >= 15 is 0 Å². The van der Waals surface area contributed by atoms with Crippen LogP contribution in [0.25, 0.3) is 10.9 Å². The summed E-state index contributed by atoms with van der Waals surface area (Å²) in [5.74, 6) is 0.940. The maximum absolute atomic E-state index is 13.4. The molecule has 3 heterocycles. The normalized spacial score (nSPS) is 20.6. The number of benzene rings is 2. The molecule has 1 N–H and O–H groups in total. The highest BCUT2D eigenvalue weighted by Crippen LogP contribution is 2.44. The van der Waals surface area contributed by atoms with Crippen LogP contribution in [0, 0.1) is 0 Å². The Labute approximate surface area is 181 Å². The second-order valence-corrected chi connectivity index (χ2v) is 8.36. The first-order valence-electron chi connectivity index (χ1n) is 10.5. The van der Waals surface area contributed by atoms with Gasteiger partial charge in [0.05, 0.1) is 13.2 Å². The third-order valence-electron chi connectivity index (χ3n) is 6.30. The molecule has 0 bridgehead atoms. The van der Waals surface area contributed by atoms with Gasteiger partial charge in [-0.1, -0.05) is 43.7 Å². The molecule has 1 saturated heterocycles. The molecule has 6 heteroatoms. The molecule has 0 radical (unpaired) electrons. The Bertz CT molecular complexity index is 1120. The second kappa shape index (κ2) is 7.43. The summed E-state index contributed by atoms with van der Waals surface area (Å²) in [6, 6.07) is 16.0. The van der Waals surface area contributed by atoms with Crippen molar-refractivity contribution in [1.29, 1.82) is 0 Å². The number of methoxy groups -OCH3 is 1. The summed E-state index contributed by atoms with van der Waals surface area (Å²) in [5, 5.41) is 1.83.